The molecule has 0 bridgehead atoms. The second-order valence-electron chi connectivity index (χ2n) is 4.92. The Morgan fingerprint density at radius 1 is 1.47 bits per heavy atom. The van der Waals surface area contributed by atoms with Crippen molar-refractivity contribution in [3.05, 3.63) is 33.8 Å². The van der Waals surface area contributed by atoms with E-state index in [-0.39, 0.29) is 23.3 Å². The smallest absolute Gasteiger partial charge is 0.252 e. The molecule has 1 unspecified atom stereocenters. The number of carbonyl (C=O) groups is 1. The van der Waals surface area contributed by atoms with Gasteiger partial charge >= 0.3 is 0 Å². The van der Waals surface area contributed by atoms with Crippen molar-refractivity contribution in [2.75, 3.05) is 18.1 Å². The van der Waals surface area contributed by atoms with E-state index in [4.69, 9.17) is 0 Å². The van der Waals surface area contributed by atoms with Crippen LogP contribution in [0, 0.1) is 12.8 Å². The monoisotopic (exact) mass is 345 g/mol. The summed E-state index contributed by atoms with van der Waals surface area (Å²) in [6, 6.07) is 5.50. The first-order valence-corrected chi connectivity index (χ1v) is 8.74. The maximum absolute atomic E-state index is 12.0. The summed E-state index contributed by atoms with van der Waals surface area (Å²) in [6.07, 6.45) is 0.637. The van der Waals surface area contributed by atoms with E-state index in [1.807, 2.05) is 19.1 Å². The molecule has 0 radical (unpaired) electrons. The van der Waals surface area contributed by atoms with E-state index < -0.39 is 9.84 Å². The van der Waals surface area contributed by atoms with Crippen LogP contribution >= 0.6 is 15.9 Å². The van der Waals surface area contributed by atoms with Gasteiger partial charge in [-0.1, -0.05) is 12.1 Å². The number of halogens is 1. The van der Waals surface area contributed by atoms with Gasteiger partial charge in [-0.25, -0.2) is 8.42 Å². The van der Waals surface area contributed by atoms with Crippen LogP contribution < -0.4 is 5.32 Å². The molecule has 1 amide bonds. The van der Waals surface area contributed by atoms with Crippen molar-refractivity contribution >= 4 is 31.7 Å². The normalized spacial score (nSPS) is 21.3. The van der Waals surface area contributed by atoms with Gasteiger partial charge in [0.25, 0.3) is 5.91 Å². The lowest BCUT2D eigenvalue weighted by Crippen LogP contribution is -2.30. The molecule has 0 aromatic heterocycles. The van der Waals surface area contributed by atoms with E-state index in [0.717, 1.165) is 10.0 Å². The summed E-state index contributed by atoms with van der Waals surface area (Å²) in [5, 5.41) is 2.81. The molecule has 1 saturated heterocycles. The number of benzene rings is 1. The number of nitrogens with one attached hydrogen (secondary N) is 1. The number of sulfone groups is 1. The van der Waals surface area contributed by atoms with Crippen LogP contribution in [0.2, 0.25) is 0 Å². The van der Waals surface area contributed by atoms with Gasteiger partial charge < -0.3 is 5.32 Å². The lowest BCUT2D eigenvalue weighted by atomic mass is 10.1. The largest absolute Gasteiger partial charge is 0.352 e. The fourth-order valence-electron chi connectivity index (χ4n) is 2.19. The van der Waals surface area contributed by atoms with Gasteiger partial charge in [-0.2, -0.15) is 0 Å². The van der Waals surface area contributed by atoms with Gasteiger partial charge in [0.15, 0.2) is 9.84 Å². The molecule has 1 atom stereocenters. The van der Waals surface area contributed by atoms with Crippen molar-refractivity contribution in [1.82, 2.24) is 5.32 Å². The van der Waals surface area contributed by atoms with Crippen LogP contribution in [0.5, 0.6) is 0 Å². The fraction of sp³-hybridized carbons (Fsp3) is 0.462. The van der Waals surface area contributed by atoms with Crippen molar-refractivity contribution in [3.8, 4) is 0 Å². The second kappa shape index (κ2) is 5.63. The van der Waals surface area contributed by atoms with E-state index in [1.165, 1.54) is 0 Å². The van der Waals surface area contributed by atoms with E-state index in [9.17, 15) is 13.2 Å². The molecule has 1 aliphatic rings. The Hall–Kier alpha value is -0.880. The minimum atomic E-state index is -2.88. The Kier molecular flexibility index (Phi) is 4.30. The van der Waals surface area contributed by atoms with Crippen LogP contribution in [0.3, 0.4) is 0 Å². The molecular weight excluding hydrogens is 330 g/mol. The summed E-state index contributed by atoms with van der Waals surface area (Å²) in [5.74, 6) is 0.293. The van der Waals surface area contributed by atoms with Gasteiger partial charge in [0.1, 0.15) is 0 Å². The Labute approximate surface area is 121 Å². The first kappa shape index (κ1) is 14.5. The van der Waals surface area contributed by atoms with Crippen LogP contribution in [0.25, 0.3) is 0 Å². The average molecular weight is 346 g/mol. The molecule has 1 heterocycles. The van der Waals surface area contributed by atoms with Crippen molar-refractivity contribution < 1.29 is 13.2 Å². The number of aryl methyl sites for hydroxylation is 1. The highest BCUT2D eigenvalue weighted by Gasteiger charge is 2.28. The lowest BCUT2D eigenvalue weighted by Gasteiger charge is -2.11. The molecule has 1 aromatic carbocycles. The van der Waals surface area contributed by atoms with Crippen molar-refractivity contribution in [3.63, 3.8) is 0 Å². The van der Waals surface area contributed by atoms with Crippen molar-refractivity contribution in [1.29, 1.82) is 0 Å². The summed E-state index contributed by atoms with van der Waals surface area (Å²) in [7, 11) is -2.88. The molecule has 0 aliphatic carbocycles. The zero-order valence-corrected chi connectivity index (χ0v) is 13.1. The number of hydrogen-bond acceptors (Lipinski definition) is 3. The van der Waals surface area contributed by atoms with Crippen LogP contribution in [-0.4, -0.2) is 32.4 Å². The molecule has 19 heavy (non-hydrogen) atoms. The first-order chi connectivity index (χ1) is 8.89. The SMILES string of the molecule is Cc1cccc(C(=O)NCC2CCS(=O)(=O)C2)c1Br. The Morgan fingerprint density at radius 3 is 2.84 bits per heavy atom. The van der Waals surface area contributed by atoms with Crippen molar-refractivity contribution in [2.45, 2.75) is 13.3 Å². The third-order valence-corrected chi connectivity index (χ3v) is 6.20. The van der Waals surface area contributed by atoms with Crippen LogP contribution in [0.1, 0.15) is 22.3 Å². The van der Waals surface area contributed by atoms with E-state index >= 15 is 0 Å². The maximum atomic E-state index is 12.0. The third-order valence-electron chi connectivity index (χ3n) is 3.31. The third kappa shape index (κ3) is 3.57. The predicted molar refractivity (Wildman–Crippen MR) is 78.0 cm³/mol. The van der Waals surface area contributed by atoms with Gasteiger partial charge in [0.2, 0.25) is 0 Å². The van der Waals surface area contributed by atoms with E-state index in [1.54, 1.807) is 6.07 Å². The summed E-state index contributed by atoms with van der Waals surface area (Å²) in [6.45, 7) is 2.34. The quantitative estimate of drug-likeness (QED) is 0.910. The summed E-state index contributed by atoms with van der Waals surface area (Å²) >= 11 is 3.40. The Balaban J connectivity index is 1.97. The minimum Gasteiger partial charge on any atom is -0.352 e. The van der Waals surface area contributed by atoms with E-state index in [0.29, 0.717) is 18.5 Å². The Morgan fingerprint density at radius 2 is 2.21 bits per heavy atom. The number of carbonyl (C=O) groups excluding carboxylic acids is 1. The summed E-state index contributed by atoms with van der Waals surface area (Å²) in [5.41, 5.74) is 1.58. The molecule has 4 nitrogen and oxygen atoms in total. The van der Waals surface area contributed by atoms with Crippen LogP contribution in [-0.2, 0) is 9.84 Å². The second-order valence-corrected chi connectivity index (χ2v) is 7.94. The zero-order chi connectivity index (χ0) is 14.0. The fourth-order valence-corrected chi connectivity index (χ4v) is 4.49. The molecule has 1 aliphatic heterocycles. The lowest BCUT2D eigenvalue weighted by molar-refractivity contribution is 0.0947. The average Bonchev–Trinajstić information content (AvgIpc) is 2.69. The molecule has 1 N–H and O–H groups in total. The topological polar surface area (TPSA) is 63.2 Å². The molecule has 2 rings (SSSR count). The predicted octanol–water partition coefficient (Wildman–Crippen LogP) is 1.92. The van der Waals surface area contributed by atoms with Gasteiger partial charge in [-0.3, -0.25) is 4.79 Å². The molecule has 1 fully saturated rings. The van der Waals surface area contributed by atoms with Gasteiger partial charge in [0.05, 0.1) is 17.1 Å². The molecular formula is C13H16BrNO3S. The standard InChI is InChI=1S/C13H16BrNO3S/c1-9-3-2-4-11(12(9)14)13(16)15-7-10-5-6-19(17,18)8-10/h2-4,10H,5-8H2,1H3,(H,15,16). The minimum absolute atomic E-state index is 0.0394. The molecule has 104 valence electrons. The maximum Gasteiger partial charge on any atom is 0.252 e. The summed E-state index contributed by atoms with van der Waals surface area (Å²) in [4.78, 5) is 12.0. The van der Waals surface area contributed by atoms with Gasteiger partial charge in [0, 0.05) is 11.0 Å². The Bertz CT molecular complexity index is 598. The summed E-state index contributed by atoms with van der Waals surface area (Å²) < 4.78 is 23.5. The highest BCUT2D eigenvalue weighted by Crippen LogP contribution is 2.21. The first-order valence-electron chi connectivity index (χ1n) is 6.13. The van der Waals surface area contributed by atoms with E-state index in [2.05, 4.69) is 21.2 Å². The number of rotatable bonds is 3. The molecule has 1 aromatic rings. The van der Waals surface area contributed by atoms with Gasteiger partial charge in [-0.15, -0.1) is 0 Å². The van der Waals surface area contributed by atoms with Gasteiger partial charge in [-0.05, 0) is 46.8 Å². The zero-order valence-electron chi connectivity index (χ0n) is 10.6. The van der Waals surface area contributed by atoms with Crippen LogP contribution in [0.4, 0.5) is 0 Å². The highest BCUT2D eigenvalue weighted by molar-refractivity contribution is 9.10. The molecule has 6 heteroatoms. The number of hydrogen-bond donors (Lipinski definition) is 1. The van der Waals surface area contributed by atoms with Crippen LogP contribution in [0.15, 0.2) is 22.7 Å². The number of amides is 1. The molecule has 0 spiro atoms. The van der Waals surface area contributed by atoms with Crippen molar-refractivity contribution in [2.24, 2.45) is 5.92 Å². The highest BCUT2D eigenvalue weighted by atomic mass is 79.9. The molecule has 0 saturated carbocycles.